The van der Waals surface area contributed by atoms with Crippen LogP contribution >= 0.6 is 0 Å². The molecule has 4 rings (SSSR count). The normalized spacial score (nSPS) is 16.2. The van der Waals surface area contributed by atoms with Gasteiger partial charge in [-0.05, 0) is 85.7 Å². The zero-order valence-corrected chi connectivity index (χ0v) is 25.6. The van der Waals surface area contributed by atoms with Crippen LogP contribution in [-0.2, 0) is 27.3 Å². The molecule has 3 aromatic rings. The molecule has 1 fully saturated rings. The van der Waals surface area contributed by atoms with Gasteiger partial charge in [-0.15, -0.1) is 13.2 Å². The van der Waals surface area contributed by atoms with Gasteiger partial charge in [0.15, 0.2) is 0 Å². The van der Waals surface area contributed by atoms with Crippen molar-refractivity contribution >= 4 is 17.8 Å². The fourth-order valence-electron chi connectivity index (χ4n) is 5.21. The Kier molecular flexibility index (Phi) is 11.9. The molecule has 0 spiro atoms. The molecule has 1 saturated carbocycles. The Hall–Kier alpha value is -4.74. The number of carbonyl (C=O) groups excluding carboxylic acids is 3. The van der Waals surface area contributed by atoms with E-state index in [0.717, 1.165) is 18.4 Å². The third-order valence-electron chi connectivity index (χ3n) is 7.54. The van der Waals surface area contributed by atoms with Gasteiger partial charge in [-0.1, -0.05) is 30.7 Å². The number of ether oxygens (including phenoxy) is 5. The molecule has 0 aliphatic heterocycles. The SMILES string of the molecule is COC(=O)c1ccc(OCCCc2ccc(OCc3ccc(OC(F)(F)F)cc3)cc2)c(C(=O)NC2CCCC(C(=O)OC)C2)c1. The minimum atomic E-state index is -4.74. The number of esters is 2. The van der Waals surface area contributed by atoms with Gasteiger partial charge in [0.1, 0.15) is 23.9 Å². The molecule has 1 amide bonds. The lowest BCUT2D eigenvalue weighted by Crippen LogP contribution is -2.40. The van der Waals surface area contributed by atoms with Crippen LogP contribution in [0.5, 0.6) is 17.2 Å². The Balaban J connectivity index is 1.29. The number of benzene rings is 3. The summed E-state index contributed by atoms with van der Waals surface area (Å²) in [6, 6.07) is 17.2. The van der Waals surface area contributed by atoms with E-state index in [0.29, 0.717) is 49.4 Å². The number of halogens is 3. The number of hydrogen-bond acceptors (Lipinski definition) is 8. The van der Waals surface area contributed by atoms with E-state index in [1.54, 1.807) is 18.2 Å². The Morgan fingerprint density at radius 3 is 2.22 bits per heavy atom. The molecule has 1 aliphatic rings. The van der Waals surface area contributed by atoms with Crippen molar-refractivity contribution < 1.29 is 51.2 Å². The topological polar surface area (TPSA) is 109 Å². The first kappa shape index (κ1) is 34.1. The molecule has 1 N–H and O–H groups in total. The summed E-state index contributed by atoms with van der Waals surface area (Å²) in [5.74, 6) is -0.909. The highest BCUT2D eigenvalue weighted by molar-refractivity contribution is 6.00. The number of rotatable bonds is 13. The van der Waals surface area contributed by atoms with E-state index >= 15 is 0 Å². The first-order valence-corrected chi connectivity index (χ1v) is 14.8. The van der Waals surface area contributed by atoms with Gasteiger partial charge in [0.05, 0.1) is 37.9 Å². The monoisotopic (exact) mass is 643 g/mol. The number of aryl methyl sites for hydroxylation is 1. The van der Waals surface area contributed by atoms with Crippen molar-refractivity contribution in [1.29, 1.82) is 0 Å². The standard InChI is InChI=1S/C34H36F3NO8/c1-42-32(40)24-6-3-7-26(19-24)38-31(39)29-20-25(33(41)43-2)12-17-30(29)44-18-4-5-22-8-13-27(14-9-22)45-21-23-10-15-28(16-11-23)46-34(35,36)37/h8-17,20,24,26H,3-7,18-19,21H2,1-2H3,(H,38,39). The van der Waals surface area contributed by atoms with Crippen molar-refractivity contribution in [2.24, 2.45) is 5.92 Å². The van der Waals surface area contributed by atoms with Gasteiger partial charge in [0.25, 0.3) is 5.91 Å². The summed E-state index contributed by atoms with van der Waals surface area (Å²) in [5, 5.41) is 2.98. The highest BCUT2D eigenvalue weighted by Crippen LogP contribution is 2.28. The van der Waals surface area contributed by atoms with Crippen LogP contribution in [0.3, 0.4) is 0 Å². The Bertz CT molecular complexity index is 1480. The predicted molar refractivity (Wildman–Crippen MR) is 161 cm³/mol. The zero-order valence-electron chi connectivity index (χ0n) is 25.6. The lowest BCUT2D eigenvalue weighted by Gasteiger charge is -2.28. The molecule has 0 radical (unpaired) electrons. The average Bonchev–Trinajstić information content (AvgIpc) is 3.05. The quantitative estimate of drug-likeness (QED) is 0.168. The van der Waals surface area contributed by atoms with Crippen molar-refractivity contribution in [3.8, 4) is 17.2 Å². The summed E-state index contributed by atoms with van der Waals surface area (Å²) in [6.45, 7) is 0.481. The van der Waals surface area contributed by atoms with E-state index in [1.807, 2.05) is 12.1 Å². The van der Waals surface area contributed by atoms with Crippen LogP contribution in [0.1, 0.15) is 63.9 Å². The minimum Gasteiger partial charge on any atom is -0.493 e. The second-order valence-electron chi connectivity index (χ2n) is 10.8. The first-order valence-electron chi connectivity index (χ1n) is 14.8. The van der Waals surface area contributed by atoms with Gasteiger partial charge in [0, 0.05) is 6.04 Å². The van der Waals surface area contributed by atoms with E-state index < -0.39 is 18.2 Å². The van der Waals surface area contributed by atoms with E-state index in [9.17, 15) is 27.6 Å². The van der Waals surface area contributed by atoms with Crippen LogP contribution in [0.15, 0.2) is 66.7 Å². The van der Waals surface area contributed by atoms with Crippen LogP contribution in [0.4, 0.5) is 13.2 Å². The average molecular weight is 644 g/mol. The van der Waals surface area contributed by atoms with Crippen molar-refractivity contribution in [2.45, 2.75) is 57.5 Å². The van der Waals surface area contributed by atoms with Crippen LogP contribution < -0.4 is 19.5 Å². The summed E-state index contributed by atoms with van der Waals surface area (Å²) in [7, 11) is 2.62. The van der Waals surface area contributed by atoms with Gasteiger partial charge in [-0.3, -0.25) is 9.59 Å². The van der Waals surface area contributed by atoms with Crippen molar-refractivity contribution in [2.75, 3.05) is 20.8 Å². The van der Waals surface area contributed by atoms with E-state index in [-0.39, 0.29) is 41.4 Å². The molecule has 0 saturated heterocycles. The van der Waals surface area contributed by atoms with E-state index in [2.05, 4.69) is 10.1 Å². The van der Waals surface area contributed by atoms with Crippen molar-refractivity contribution in [3.63, 3.8) is 0 Å². The third kappa shape index (κ3) is 10.1. The molecule has 12 heteroatoms. The Morgan fingerprint density at radius 1 is 0.848 bits per heavy atom. The fraction of sp³-hybridized carbons (Fsp3) is 0.382. The molecule has 246 valence electrons. The predicted octanol–water partition coefficient (Wildman–Crippen LogP) is 6.42. The van der Waals surface area contributed by atoms with Crippen molar-refractivity contribution in [3.05, 3.63) is 89.0 Å². The van der Waals surface area contributed by atoms with Gasteiger partial charge in [-0.2, -0.15) is 0 Å². The molecule has 0 aromatic heterocycles. The molecule has 9 nitrogen and oxygen atoms in total. The first-order chi connectivity index (χ1) is 22.0. The maximum atomic E-state index is 13.3. The highest BCUT2D eigenvalue weighted by atomic mass is 19.4. The maximum absolute atomic E-state index is 13.3. The van der Waals surface area contributed by atoms with Crippen molar-refractivity contribution in [1.82, 2.24) is 5.32 Å². The number of alkyl halides is 3. The molecule has 0 bridgehead atoms. The summed E-state index contributed by atoms with van der Waals surface area (Å²) >= 11 is 0. The molecule has 0 heterocycles. The molecular formula is C34H36F3NO8. The Labute approximate surface area is 264 Å². The van der Waals surface area contributed by atoms with Gasteiger partial charge in [-0.25, -0.2) is 4.79 Å². The summed E-state index contributed by atoms with van der Waals surface area (Å²) in [4.78, 5) is 37.5. The molecular weight excluding hydrogens is 607 g/mol. The second-order valence-corrected chi connectivity index (χ2v) is 10.8. The number of nitrogens with one attached hydrogen (secondary N) is 1. The van der Waals surface area contributed by atoms with Gasteiger partial charge >= 0.3 is 18.3 Å². The van der Waals surface area contributed by atoms with Crippen LogP contribution in [-0.4, -0.2) is 51.1 Å². The number of amides is 1. The maximum Gasteiger partial charge on any atom is 0.573 e. The largest absolute Gasteiger partial charge is 0.573 e. The summed E-state index contributed by atoms with van der Waals surface area (Å²) in [6.07, 6.45) is -0.733. The van der Waals surface area contributed by atoms with E-state index in [1.165, 1.54) is 50.6 Å². The Morgan fingerprint density at radius 2 is 1.54 bits per heavy atom. The second kappa shape index (κ2) is 16.0. The van der Waals surface area contributed by atoms with Gasteiger partial charge < -0.3 is 29.0 Å². The lowest BCUT2D eigenvalue weighted by molar-refractivity contribution is -0.274. The third-order valence-corrected chi connectivity index (χ3v) is 7.54. The van der Waals surface area contributed by atoms with E-state index in [4.69, 9.17) is 18.9 Å². The van der Waals surface area contributed by atoms with Crippen LogP contribution in [0.2, 0.25) is 0 Å². The molecule has 1 aliphatic carbocycles. The molecule has 2 atom stereocenters. The highest BCUT2D eigenvalue weighted by Gasteiger charge is 2.31. The van der Waals surface area contributed by atoms with Crippen LogP contribution in [0, 0.1) is 5.92 Å². The summed E-state index contributed by atoms with van der Waals surface area (Å²) < 4.78 is 62.3. The molecule has 3 aromatic carbocycles. The lowest BCUT2D eigenvalue weighted by atomic mass is 9.85. The summed E-state index contributed by atoms with van der Waals surface area (Å²) in [5.41, 5.74) is 2.13. The zero-order chi connectivity index (χ0) is 33.1. The fourth-order valence-corrected chi connectivity index (χ4v) is 5.21. The number of methoxy groups -OCH3 is 2. The molecule has 46 heavy (non-hydrogen) atoms. The number of carbonyl (C=O) groups is 3. The minimum absolute atomic E-state index is 0.177. The molecule has 2 unspecified atom stereocenters. The number of hydrogen-bond donors (Lipinski definition) is 1. The van der Waals surface area contributed by atoms with Crippen LogP contribution in [0.25, 0.3) is 0 Å². The smallest absolute Gasteiger partial charge is 0.493 e. The van der Waals surface area contributed by atoms with Gasteiger partial charge in [0.2, 0.25) is 0 Å².